The standard InChI is InChI=1S/C16H24BrNO/c1-4-9-18-16(11(2)12-5-6-12)14-8-7-13(19-3)10-15(14)17/h7-8,10-12,16,18H,4-6,9H2,1-3H3. The summed E-state index contributed by atoms with van der Waals surface area (Å²) in [7, 11) is 1.71. The molecule has 0 spiro atoms. The van der Waals surface area contributed by atoms with Crippen molar-refractivity contribution in [3.8, 4) is 5.75 Å². The molecule has 1 aromatic carbocycles. The molecule has 1 saturated carbocycles. The van der Waals surface area contributed by atoms with Gasteiger partial charge in [0.2, 0.25) is 0 Å². The summed E-state index contributed by atoms with van der Waals surface area (Å²) in [4.78, 5) is 0. The van der Waals surface area contributed by atoms with Gasteiger partial charge in [-0.2, -0.15) is 0 Å². The number of halogens is 1. The van der Waals surface area contributed by atoms with Crippen LogP contribution in [-0.2, 0) is 0 Å². The smallest absolute Gasteiger partial charge is 0.120 e. The summed E-state index contributed by atoms with van der Waals surface area (Å²) in [5.74, 6) is 2.49. The molecule has 1 aliphatic carbocycles. The number of hydrogen-bond acceptors (Lipinski definition) is 2. The molecular weight excluding hydrogens is 302 g/mol. The van der Waals surface area contributed by atoms with Crippen molar-refractivity contribution in [2.75, 3.05) is 13.7 Å². The number of nitrogens with one attached hydrogen (secondary N) is 1. The molecule has 106 valence electrons. The van der Waals surface area contributed by atoms with Crippen LogP contribution in [0.15, 0.2) is 22.7 Å². The topological polar surface area (TPSA) is 21.3 Å². The van der Waals surface area contributed by atoms with E-state index in [-0.39, 0.29) is 0 Å². The van der Waals surface area contributed by atoms with Gasteiger partial charge >= 0.3 is 0 Å². The maximum Gasteiger partial charge on any atom is 0.120 e. The molecular formula is C16H24BrNO. The highest BCUT2D eigenvalue weighted by molar-refractivity contribution is 9.10. The van der Waals surface area contributed by atoms with Crippen LogP contribution in [0.3, 0.4) is 0 Å². The fourth-order valence-corrected chi connectivity index (χ4v) is 3.26. The van der Waals surface area contributed by atoms with Crippen molar-refractivity contribution in [2.45, 2.75) is 39.2 Å². The zero-order valence-corrected chi connectivity index (χ0v) is 13.7. The van der Waals surface area contributed by atoms with Crippen LogP contribution in [0.5, 0.6) is 5.75 Å². The second-order valence-electron chi connectivity index (χ2n) is 5.52. The molecule has 2 nitrogen and oxygen atoms in total. The van der Waals surface area contributed by atoms with Gasteiger partial charge in [-0.25, -0.2) is 0 Å². The summed E-state index contributed by atoms with van der Waals surface area (Å²) < 4.78 is 6.43. The van der Waals surface area contributed by atoms with E-state index in [1.54, 1.807) is 7.11 Å². The molecule has 0 heterocycles. The Balaban J connectivity index is 2.20. The Morgan fingerprint density at radius 1 is 1.42 bits per heavy atom. The van der Waals surface area contributed by atoms with Gasteiger partial charge < -0.3 is 10.1 Å². The molecule has 19 heavy (non-hydrogen) atoms. The van der Waals surface area contributed by atoms with Gasteiger partial charge in [-0.05, 0) is 55.3 Å². The van der Waals surface area contributed by atoms with Crippen molar-refractivity contribution in [1.82, 2.24) is 5.32 Å². The normalized spacial score (nSPS) is 18.1. The lowest BCUT2D eigenvalue weighted by Crippen LogP contribution is -2.29. The van der Waals surface area contributed by atoms with E-state index in [4.69, 9.17) is 4.74 Å². The molecule has 2 rings (SSSR count). The predicted octanol–water partition coefficient (Wildman–Crippen LogP) is 4.54. The lowest BCUT2D eigenvalue weighted by molar-refractivity contribution is 0.348. The molecule has 2 unspecified atom stereocenters. The summed E-state index contributed by atoms with van der Waals surface area (Å²) in [5, 5.41) is 3.71. The van der Waals surface area contributed by atoms with Crippen molar-refractivity contribution in [2.24, 2.45) is 11.8 Å². The summed E-state index contributed by atoms with van der Waals surface area (Å²) in [6.45, 7) is 5.66. The van der Waals surface area contributed by atoms with Crippen LogP contribution in [-0.4, -0.2) is 13.7 Å². The number of benzene rings is 1. The molecule has 0 aliphatic heterocycles. The predicted molar refractivity (Wildman–Crippen MR) is 83.6 cm³/mol. The van der Waals surface area contributed by atoms with Gasteiger partial charge in [0.05, 0.1) is 7.11 Å². The monoisotopic (exact) mass is 325 g/mol. The molecule has 1 aliphatic rings. The van der Waals surface area contributed by atoms with Gasteiger partial charge in [-0.3, -0.25) is 0 Å². The van der Waals surface area contributed by atoms with Crippen LogP contribution in [0.4, 0.5) is 0 Å². The number of ether oxygens (including phenoxy) is 1. The van der Waals surface area contributed by atoms with Gasteiger partial charge in [-0.1, -0.05) is 35.8 Å². The molecule has 1 aromatic rings. The van der Waals surface area contributed by atoms with Gasteiger partial charge in [0.25, 0.3) is 0 Å². The highest BCUT2D eigenvalue weighted by Crippen LogP contribution is 2.44. The zero-order chi connectivity index (χ0) is 13.8. The van der Waals surface area contributed by atoms with Crippen LogP contribution < -0.4 is 10.1 Å². The van der Waals surface area contributed by atoms with E-state index < -0.39 is 0 Å². The van der Waals surface area contributed by atoms with E-state index in [0.29, 0.717) is 12.0 Å². The summed E-state index contributed by atoms with van der Waals surface area (Å²) in [6.07, 6.45) is 3.94. The highest BCUT2D eigenvalue weighted by Gasteiger charge is 2.34. The van der Waals surface area contributed by atoms with Crippen LogP contribution in [0.25, 0.3) is 0 Å². The number of hydrogen-bond donors (Lipinski definition) is 1. The third kappa shape index (κ3) is 3.73. The largest absolute Gasteiger partial charge is 0.497 e. The number of rotatable bonds is 7. The molecule has 0 aromatic heterocycles. The van der Waals surface area contributed by atoms with E-state index in [2.05, 4.69) is 53.3 Å². The minimum atomic E-state index is 0.438. The molecule has 2 atom stereocenters. The molecule has 0 saturated heterocycles. The minimum Gasteiger partial charge on any atom is -0.497 e. The highest BCUT2D eigenvalue weighted by atomic mass is 79.9. The molecule has 0 amide bonds. The van der Waals surface area contributed by atoms with Crippen LogP contribution in [0.2, 0.25) is 0 Å². The first kappa shape index (κ1) is 14.9. The Morgan fingerprint density at radius 2 is 2.16 bits per heavy atom. The van der Waals surface area contributed by atoms with Crippen molar-refractivity contribution < 1.29 is 4.74 Å². The van der Waals surface area contributed by atoms with E-state index in [1.165, 1.54) is 24.8 Å². The Kier molecular flexibility index (Phi) is 5.28. The first-order chi connectivity index (χ1) is 9.17. The third-order valence-electron chi connectivity index (χ3n) is 4.05. The first-order valence-corrected chi connectivity index (χ1v) is 8.03. The Bertz CT molecular complexity index is 417. The van der Waals surface area contributed by atoms with Gasteiger partial charge in [0.15, 0.2) is 0 Å². The molecule has 0 bridgehead atoms. The van der Waals surface area contributed by atoms with Gasteiger partial charge in [0, 0.05) is 10.5 Å². The van der Waals surface area contributed by atoms with Crippen molar-refractivity contribution in [3.05, 3.63) is 28.2 Å². The average Bonchev–Trinajstić information content (AvgIpc) is 3.24. The summed E-state index contributed by atoms with van der Waals surface area (Å²) >= 11 is 3.70. The minimum absolute atomic E-state index is 0.438. The lowest BCUT2D eigenvalue weighted by atomic mass is 9.90. The molecule has 1 fully saturated rings. The Labute approximate surface area is 125 Å². The summed E-state index contributed by atoms with van der Waals surface area (Å²) in [6, 6.07) is 6.75. The zero-order valence-electron chi connectivity index (χ0n) is 12.1. The summed E-state index contributed by atoms with van der Waals surface area (Å²) in [5.41, 5.74) is 1.36. The average molecular weight is 326 g/mol. The van der Waals surface area contributed by atoms with E-state index in [9.17, 15) is 0 Å². The molecule has 1 N–H and O–H groups in total. The fraction of sp³-hybridized carbons (Fsp3) is 0.625. The van der Waals surface area contributed by atoms with Crippen LogP contribution in [0.1, 0.15) is 44.7 Å². The van der Waals surface area contributed by atoms with Crippen molar-refractivity contribution in [3.63, 3.8) is 0 Å². The van der Waals surface area contributed by atoms with E-state index in [1.807, 2.05) is 0 Å². The lowest BCUT2D eigenvalue weighted by Gasteiger charge is -2.27. The fourth-order valence-electron chi connectivity index (χ4n) is 2.66. The van der Waals surface area contributed by atoms with Gasteiger partial charge in [0.1, 0.15) is 5.75 Å². The van der Waals surface area contributed by atoms with E-state index >= 15 is 0 Å². The van der Waals surface area contributed by atoms with Crippen LogP contribution in [0, 0.1) is 11.8 Å². The van der Waals surface area contributed by atoms with Crippen LogP contribution >= 0.6 is 15.9 Å². The van der Waals surface area contributed by atoms with Gasteiger partial charge in [-0.15, -0.1) is 0 Å². The Morgan fingerprint density at radius 3 is 2.68 bits per heavy atom. The Hall–Kier alpha value is -0.540. The van der Waals surface area contributed by atoms with Crippen molar-refractivity contribution in [1.29, 1.82) is 0 Å². The second kappa shape index (κ2) is 6.76. The maximum absolute atomic E-state index is 5.28. The second-order valence-corrected chi connectivity index (χ2v) is 6.37. The first-order valence-electron chi connectivity index (χ1n) is 7.24. The quantitative estimate of drug-likeness (QED) is 0.794. The third-order valence-corrected chi connectivity index (χ3v) is 4.74. The SMILES string of the molecule is CCCNC(c1ccc(OC)cc1Br)C(C)C1CC1. The maximum atomic E-state index is 5.28. The number of methoxy groups -OCH3 is 1. The molecule has 3 heteroatoms. The van der Waals surface area contributed by atoms with Crippen molar-refractivity contribution >= 4 is 15.9 Å². The molecule has 0 radical (unpaired) electrons. The van der Waals surface area contributed by atoms with E-state index in [0.717, 1.165) is 22.7 Å².